The monoisotopic (exact) mass is 258 g/mol. The second kappa shape index (κ2) is 5.33. The quantitative estimate of drug-likeness (QED) is 0.642. The van der Waals surface area contributed by atoms with E-state index in [0.29, 0.717) is 5.95 Å². The van der Waals surface area contributed by atoms with Crippen LogP contribution in [0.2, 0.25) is 0 Å². The molecule has 0 aliphatic heterocycles. The van der Waals surface area contributed by atoms with Gasteiger partial charge in [-0.3, -0.25) is 0 Å². The van der Waals surface area contributed by atoms with E-state index in [9.17, 15) is 0 Å². The van der Waals surface area contributed by atoms with Crippen LogP contribution in [0, 0.1) is 17.6 Å². The number of anilines is 3. The highest BCUT2D eigenvalue weighted by Crippen LogP contribution is 2.19. The molecule has 18 heavy (non-hydrogen) atoms. The third-order valence-corrected chi connectivity index (χ3v) is 2.62. The lowest BCUT2D eigenvalue weighted by molar-refractivity contribution is 0.928. The van der Waals surface area contributed by atoms with Crippen molar-refractivity contribution in [2.75, 3.05) is 11.1 Å². The second-order valence-corrected chi connectivity index (χ2v) is 4.18. The summed E-state index contributed by atoms with van der Waals surface area (Å²) in [5.74, 6) is 0.411. The number of aryl methyl sites for hydroxylation is 1. The van der Waals surface area contributed by atoms with E-state index in [-0.39, 0.29) is 11.1 Å². The second-order valence-electron chi connectivity index (χ2n) is 3.43. The van der Waals surface area contributed by atoms with Crippen molar-refractivity contribution in [3.05, 3.63) is 29.8 Å². The van der Waals surface area contributed by atoms with Crippen molar-refractivity contribution in [2.45, 2.75) is 12.1 Å². The SMILES string of the molecule is Cc1ccccc1Nc1nc(N)nc(SC#N)n1. The number of nitrogen functional groups attached to an aromatic ring is 1. The van der Waals surface area contributed by atoms with Gasteiger partial charge in [-0.25, -0.2) is 0 Å². The average Bonchev–Trinajstić information content (AvgIpc) is 2.32. The Bertz CT molecular complexity index is 607. The van der Waals surface area contributed by atoms with E-state index < -0.39 is 0 Å². The Labute approximate surface area is 108 Å². The molecule has 0 bridgehead atoms. The first-order valence-electron chi connectivity index (χ1n) is 5.09. The lowest BCUT2D eigenvalue weighted by Gasteiger charge is -2.08. The zero-order chi connectivity index (χ0) is 13.0. The van der Waals surface area contributed by atoms with Gasteiger partial charge >= 0.3 is 0 Å². The fraction of sp³-hybridized carbons (Fsp3) is 0.0909. The summed E-state index contributed by atoms with van der Waals surface area (Å²) in [4.78, 5) is 11.9. The van der Waals surface area contributed by atoms with Crippen molar-refractivity contribution in [2.24, 2.45) is 0 Å². The maximum atomic E-state index is 8.59. The molecule has 0 fully saturated rings. The molecular formula is C11H10N6S. The van der Waals surface area contributed by atoms with Crippen molar-refractivity contribution < 1.29 is 0 Å². The van der Waals surface area contributed by atoms with Crippen LogP contribution in [0.5, 0.6) is 0 Å². The Hall–Kier alpha value is -2.33. The summed E-state index contributed by atoms with van der Waals surface area (Å²) in [5.41, 5.74) is 7.50. The number of hydrogen-bond donors (Lipinski definition) is 2. The molecule has 3 N–H and O–H groups in total. The van der Waals surface area contributed by atoms with Crippen LogP contribution in [0.4, 0.5) is 17.6 Å². The first-order valence-corrected chi connectivity index (χ1v) is 5.91. The van der Waals surface area contributed by atoms with E-state index in [0.717, 1.165) is 23.0 Å². The minimum atomic E-state index is 0.0823. The van der Waals surface area contributed by atoms with Gasteiger partial charge in [0.15, 0.2) is 0 Å². The van der Waals surface area contributed by atoms with Crippen molar-refractivity contribution in [1.29, 1.82) is 5.26 Å². The van der Waals surface area contributed by atoms with E-state index in [2.05, 4.69) is 20.3 Å². The van der Waals surface area contributed by atoms with Crippen LogP contribution >= 0.6 is 11.8 Å². The number of thiocyanates is 1. The number of nitrogens with zero attached hydrogens (tertiary/aromatic N) is 4. The summed E-state index contributed by atoms with van der Waals surface area (Å²) in [6, 6.07) is 7.73. The van der Waals surface area contributed by atoms with Gasteiger partial charge in [0, 0.05) is 17.4 Å². The van der Waals surface area contributed by atoms with Crippen LogP contribution in [0.25, 0.3) is 0 Å². The smallest absolute Gasteiger partial charge is 0.233 e. The zero-order valence-electron chi connectivity index (χ0n) is 9.58. The van der Waals surface area contributed by atoms with E-state index >= 15 is 0 Å². The first kappa shape index (κ1) is 12.1. The molecule has 0 aliphatic rings. The highest BCUT2D eigenvalue weighted by Gasteiger charge is 2.06. The Kier molecular flexibility index (Phi) is 3.60. The molecule has 90 valence electrons. The van der Waals surface area contributed by atoms with Crippen LogP contribution in [0.3, 0.4) is 0 Å². The molecule has 0 atom stereocenters. The van der Waals surface area contributed by atoms with Crippen LogP contribution in [-0.4, -0.2) is 15.0 Å². The van der Waals surface area contributed by atoms with Gasteiger partial charge < -0.3 is 11.1 Å². The molecule has 0 aliphatic carbocycles. The van der Waals surface area contributed by atoms with Gasteiger partial charge in [0.25, 0.3) is 0 Å². The minimum absolute atomic E-state index is 0.0823. The minimum Gasteiger partial charge on any atom is -0.368 e. The molecule has 2 rings (SSSR count). The summed E-state index contributed by atoms with van der Waals surface area (Å²) in [6.07, 6.45) is 0. The molecule has 6 nitrogen and oxygen atoms in total. The van der Waals surface area contributed by atoms with Crippen LogP contribution in [-0.2, 0) is 0 Å². The third-order valence-electron chi connectivity index (χ3n) is 2.16. The van der Waals surface area contributed by atoms with Gasteiger partial charge in [0.05, 0.1) is 0 Å². The topological polar surface area (TPSA) is 101 Å². The molecule has 0 unspecified atom stereocenters. The van der Waals surface area contributed by atoms with E-state index in [1.54, 1.807) is 0 Å². The Morgan fingerprint density at radius 2 is 2.06 bits per heavy atom. The first-order chi connectivity index (χ1) is 8.69. The molecule has 1 heterocycles. The van der Waals surface area contributed by atoms with Gasteiger partial charge in [-0.15, -0.1) is 0 Å². The fourth-order valence-electron chi connectivity index (χ4n) is 1.35. The van der Waals surface area contributed by atoms with Crippen molar-refractivity contribution in [3.8, 4) is 5.40 Å². The molecule has 0 amide bonds. The molecule has 0 saturated carbocycles. The molecule has 0 radical (unpaired) electrons. The molecular weight excluding hydrogens is 248 g/mol. The number of rotatable bonds is 3. The largest absolute Gasteiger partial charge is 0.368 e. The van der Waals surface area contributed by atoms with E-state index in [1.165, 1.54) is 0 Å². The molecule has 1 aromatic heterocycles. The van der Waals surface area contributed by atoms with Crippen molar-refractivity contribution in [1.82, 2.24) is 15.0 Å². The van der Waals surface area contributed by atoms with Gasteiger partial charge in [-0.2, -0.15) is 20.2 Å². The van der Waals surface area contributed by atoms with Crippen molar-refractivity contribution >= 4 is 29.3 Å². The highest BCUT2D eigenvalue weighted by molar-refractivity contribution is 8.03. The number of para-hydroxylation sites is 1. The Morgan fingerprint density at radius 3 is 2.78 bits per heavy atom. The summed E-state index contributed by atoms with van der Waals surface area (Å²) in [5, 5.41) is 13.8. The number of nitrogens with one attached hydrogen (secondary N) is 1. The molecule has 0 saturated heterocycles. The predicted octanol–water partition coefficient (Wildman–Crippen LogP) is 2.08. The van der Waals surface area contributed by atoms with Gasteiger partial charge in [0.1, 0.15) is 5.40 Å². The lowest BCUT2D eigenvalue weighted by Crippen LogP contribution is -2.04. The predicted molar refractivity (Wildman–Crippen MR) is 70.2 cm³/mol. The Morgan fingerprint density at radius 1 is 1.28 bits per heavy atom. The molecule has 0 spiro atoms. The molecule has 1 aromatic carbocycles. The third kappa shape index (κ3) is 2.87. The van der Waals surface area contributed by atoms with Crippen LogP contribution < -0.4 is 11.1 Å². The fourth-order valence-corrected chi connectivity index (χ4v) is 1.70. The Balaban J connectivity index is 2.29. The number of aromatic nitrogens is 3. The van der Waals surface area contributed by atoms with Crippen LogP contribution in [0.15, 0.2) is 29.4 Å². The average molecular weight is 258 g/mol. The summed E-state index contributed by atoms with van der Waals surface area (Å²) in [7, 11) is 0. The highest BCUT2D eigenvalue weighted by atomic mass is 32.2. The number of nitrogens with two attached hydrogens (primary N) is 1. The van der Waals surface area contributed by atoms with Crippen molar-refractivity contribution in [3.63, 3.8) is 0 Å². The summed E-state index contributed by atoms with van der Waals surface area (Å²) in [6.45, 7) is 1.97. The standard InChI is InChI=1S/C11H10N6S/c1-7-4-2-3-5-8(7)14-10-15-9(13)16-11(17-10)18-6-12/h2-5H,1H3,(H3,13,14,15,16,17). The maximum absolute atomic E-state index is 8.59. The van der Waals surface area contributed by atoms with Gasteiger partial charge in [0.2, 0.25) is 17.1 Å². The number of benzene rings is 1. The summed E-state index contributed by atoms with van der Waals surface area (Å²) < 4.78 is 0. The normalized spacial score (nSPS) is 9.78. The van der Waals surface area contributed by atoms with E-state index in [4.69, 9.17) is 11.0 Å². The summed E-state index contributed by atoms with van der Waals surface area (Å²) >= 11 is 0.842. The number of nitriles is 1. The number of hydrogen-bond acceptors (Lipinski definition) is 7. The van der Waals surface area contributed by atoms with E-state index in [1.807, 2.05) is 36.6 Å². The lowest BCUT2D eigenvalue weighted by atomic mass is 10.2. The maximum Gasteiger partial charge on any atom is 0.233 e. The van der Waals surface area contributed by atoms with Gasteiger partial charge in [-0.1, -0.05) is 18.2 Å². The molecule has 7 heteroatoms. The van der Waals surface area contributed by atoms with Gasteiger partial charge in [-0.05, 0) is 18.6 Å². The number of thioether (sulfide) groups is 1. The van der Waals surface area contributed by atoms with Crippen LogP contribution in [0.1, 0.15) is 5.56 Å². The molecule has 2 aromatic rings. The zero-order valence-corrected chi connectivity index (χ0v) is 10.4.